The van der Waals surface area contributed by atoms with E-state index >= 15 is 0 Å². The lowest BCUT2D eigenvalue weighted by Crippen LogP contribution is -2.36. The van der Waals surface area contributed by atoms with E-state index in [-0.39, 0.29) is 5.91 Å². The van der Waals surface area contributed by atoms with Crippen molar-refractivity contribution in [1.29, 1.82) is 0 Å². The number of benzene rings is 2. The number of nitrogens with one attached hydrogen (secondary N) is 1. The fourth-order valence-electron chi connectivity index (χ4n) is 3.49. The molecule has 5 heteroatoms. The maximum absolute atomic E-state index is 12.4. The van der Waals surface area contributed by atoms with Crippen molar-refractivity contribution in [3.8, 4) is 0 Å². The number of carbonyl (C=O) groups is 1. The van der Waals surface area contributed by atoms with E-state index in [9.17, 15) is 4.79 Å². The molecule has 140 valence electrons. The lowest BCUT2D eigenvalue weighted by Gasteiger charge is -2.22. The summed E-state index contributed by atoms with van der Waals surface area (Å²) >= 11 is 1.57. The first-order chi connectivity index (χ1) is 13.2. The summed E-state index contributed by atoms with van der Waals surface area (Å²) in [7, 11) is 0. The molecule has 0 radical (unpaired) electrons. The molecule has 4 nitrogen and oxygen atoms in total. The third kappa shape index (κ3) is 4.53. The maximum Gasteiger partial charge on any atom is 0.257 e. The molecule has 0 bridgehead atoms. The van der Waals surface area contributed by atoms with Gasteiger partial charge in [-0.3, -0.25) is 4.79 Å². The summed E-state index contributed by atoms with van der Waals surface area (Å²) in [6.07, 6.45) is 5.93. The molecule has 1 heterocycles. The Balaban J connectivity index is 1.34. The van der Waals surface area contributed by atoms with Crippen LogP contribution in [0.5, 0.6) is 0 Å². The summed E-state index contributed by atoms with van der Waals surface area (Å²) in [5.74, 6) is 0.798. The summed E-state index contributed by atoms with van der Waals surface area (Å²) in [6.45, 7) is 2.05. The van der Waals surface area contributed by atoms with Crippen LogP contribution >= 0.6 is 11.8 Å². The van der Waals surface area contributed by atoms with Crippen LogP contribution in [0.2, 0.25) is 0 Å². The van der Waals surface area contributed by atoms with Crippen LogP contribution in [0, 0.1) is 6.92 Å². The average molecular weight is 381 g/mol. The molecule has 4 rings (SSSR count). The third-order valence-electron chi connectivity index (χ3n) is 5.04. The first-order valence-corrected chi connectivity index (χ1v) is 10.6. The van der Waals surface area contributed by atoms with E-state index in [1.54, 1.807) is 11.8 Å². The number of amides is 1. The number of oxazole rings is 1. The first kappa shape index (κ1) is 18.1. The molecule has 0 aliphatic heterocycles. The topological polar surface area (TPSA) is 55.1 Å². The molecule has 0 unspecified atom stereocenters. The Morgan fingerprint density at radius 3 is 2.70 bits per heavy atom. The zero-order valence-electron chi connectivity index (χ0n) is 15.5. The molecule has 0 spiro atoms. The van der Waals surface area contributed by atoms with Gasteiger partial charge in [0.1, 0.15) is 5.52 Å². The van der Waals surface area contributed by atoms with Gasteiger partial charge < -0.3 is 9.73 Å². The molecule has 1 aliphatic rings. The average Bonchev–Trinajstić information content (AvgIpc) is 3.09. The zero-order valence-corrected chi connectivity index (χ0v) is 16.3. The lowest BCUT2D eigenvalue weighted by atomic mass is 9.95. The molecule has 1 N–H and O–H groups in total. The van der Waals surface area contributed by atoms with Gasteiger partial charge in [-0.25, -0.2) is 4.98 Å². The molecule has 27 heavy (non-hydrogen) atoms. The standard InChI is InChI=1S/C22H24N2O2S/c1-15-7-12-20-19(13-15)24-22(26-20)27-14-16-8-10-17(11-9-16)21(25)23-18-5-3-2-4-6-18/h7-13,18H,2-6,14H2,1H3,(H,23,25). The molecule has 1 saturated carbocycles. The number of carbonyl (C=O) groups excluding carboxylic acids is 1. The Labute approximate surface area is 163 Å². The Kier molecular flexibility index (Phi) is 5.48. The molecule has 0 saturated heterocycles. The Morgan fingerprint density at radius 2 is 1.93 bits per heavy atom. The summed E-state index contributed by atoms with van der Waals surface area (Å²) in [5.41, 5.74) is 4.76. The maximum atomic E-state index is 12.4. The van der Waals surface area contributed by atoms with Crippen molar-refractivity contribution in [1.82, 2.24) is 10.3 Å². The minimum Gasteiger partial charge on any atom is -0.431 e. The van der Waals surface area contributed by atoms with Crippen LogP contribution in [-0.2, 0) is 5.75 Å². The molecule has 1 fully saturated rings. The second-order valence-electron chi connectivity index (χ2n) is 7.24. The first-order valence-electron chi connectivity index (χ1n) is 9.57. The Morgan fingerprint density at radius 1 is 1.15 bits per heavy atom. The summed E-state index contributed by atoms with van der Waals surface area (Å²) in [5, 5.41) is 3.84. The smallest absolute Gasteiger partial charge is 0.257 e. The largest absolute Gasteiger partial charge is 0.431 e. The molecule has 2 aromatic carbocycles. The van der Waals surface area contributed by atoms with Crippen molar-refractivity contribution < 1.29 is 9.21 Å². The van der Waals surface area contributed by atoms with Crippen LogP contribution in [0.1, 0.15) is 53.6 Å². The fourth-order valence-corrected chi connectivity index (χ4v) is 4.29. The van der Waals surface area contributed by atoms with E-state index in [4.69, 9.17) is 4.42 Å². The molecule has 1 aliphatic carbocycles. The van der Waals surface area contributed by atoms with Gasteiger partial charge in [0.2, 0.25) is 0 Å². The van der Waals surface area contributed by atoms with Crippen molar-refractivity contribution in [2.24, 2.45) is 0 Å². The predicted octanol–water partition coefficient (Wildman–Crippen LogP) is 5.49. The number of aryl methyl sites for hydroxylation is 1. The van der Waals surface area contributed by atoms with Gasteiger partial charge in [-0.05, 0) is 55.2 Å². The van der Waals surface area contributed by atoms with E-state index < -0.39 is 0 Å². The quantitative estimate of drug-likeness (QED) is 0.595. The lowest BCUT2D eigenvalue weighted by molar-refractivity contribution is 0.0927. The van der Waals surface area contributed by atoms with E-state index in [1.165, 1.54) is 24.8 Å². The van der Waals surface area contributed by atoms with Gasteiger partial charge in [-0.1, -0.05) is 49.2 Å². The molecular formula is C22H24N2O2S. The predicted molar refractivity (Wildman–Crippen MR) is 109 cm³/mol. The van der Waals surface area contributed by atoms with Gasteiger partial charge in [-0.15, -0.1) is 0 Å². The number of aromatic nitrogens is 1. The zero-order chi connectivity index (χ0) is 18.6. The van der Waals surface area contributed by atoms with Gasteiger partial charge >= 0.3 is 0 Å². The fraction of sp³-hybridized carbons (Fsp3) is 0.364. The van der Waals surface area contributed by atoms with Gasteiger partial charge in [0.05, 0.1) is 0 Å². The van der Waals surface area contributed by atoms with Crippen molar-refractivity contribution >= 4 is 28.8 Å². The highest BCUT2D eigenvalue weighted by Gasteiger charge is 2.16. The number of thioether (sulfide) groups is 1. The van der Waals surface area contributed by atoms with Crippen molar-refractivity contribution in [3.05, 3.63) is 59.2 Å². The Bertz CT molecular complexity index is 927. The number of nitrogens with zero attached hydrogens (tertiary/aromatic N) is 1. The van der Waals surface area contributed by atoms with Crippen LogP contribution in [0.3, 0.4) is 0 Å². The molecular weight excluding hydrogens is 356 g/mol. The van der Waals surface area contributed by atoms with Crippen LogP contribution in [0.25, 0.3) is 11.1 Å². The molecule has 1 amide bonds. The van der Waals surface area contributed by atoms with E-state index in [1.807, 2.05) is 49.4 Å². The van der Waals surface area contributed by atoms with Crippen molar-refractivity contribution in [2.45, 2.75) is 56.0 Å². The second kappa shape index (κ2) is 8.17. The van der Waals surface area contributed by atoms with E-state index in [0.29, 0.717) is 11.3 Å². The molecule has 0 atom stereocenters. The second-order valence-corrected chi connectivity index (χ2v) is 8.17. The Hall–Kier alpha value is -2.27. The minimum absolute atomic E-state index is 0.0374. The highest BCUT2D eigenvalue weighted by atomic mass is 32.2. The summed E-state index contributed by atoms with van der Waals surface area (Å²) in [6, 6.07) is 14.2. The third-order valence-corrected chi connectivity index (χ3v) is 5.94. The SMILES string of the molecule is Cc1ccc2oc(SCc3ccc(C(=O)NC4CCCCC4)cc3)nc2c1. The van der Waals surface area contributed by atoms with Gasteiger partial charge in [0.15, 0.2) is 5.58 Å². The number of fused-ring (bicyclic) bond motifs is 1. The van der Waals surface area contributed by atoms with Crippen molar-refractivity contribution in [3.63, 3.8) is 0 Å². The van der Waals surface area contributed by atoms with Crippen molar-refractivity contribution in [2.75, 3.05) is 0 Å². The highest BCUT2D eigenvalue weighted by molar-refractivity contribution is 7.98. The highest BCUT2D eigenvalue weighted by Crippen LogP contribution is 2.27. The van der Waals surface area contributed by atoms with Crippen LogP contribution in [-0.4, -0.2) is 16.9 Å². The van der Waals surface area contributed by atoms with Gasteiger partial charge in [-0.2, -0.15) is 0 Å². The van der Waals surface area contributed by atoms with Crippen LogP contribution in [0.15, 0.2) is 52.1 Å². The number of rotatable bonds is 5. The van der Waals surface area contributed by atoms with Gasteiger partial charge in [0.25, 0.3) is 11.1 Å². The minimum atomic E-state index is 0.0374. The van der Waals surface area contributed by atoms with Crippen LogP contribution in [0.4, 0.5) is 0 Å². The summed E-state index contributed by atoms with van der Waals surface area (Å²) < 4.78 is 5.78. The monoisotopic (exact) mass is 380 g/mol. The molecule has 1 aromatic heterocycles. The summed E-state index contributed by atoms with van der Waals surface area (Å²) in [4.78, 5) is 16.9. The van der Waals surface area contributed by atoms with E-state index in [0.717, 1.165) is 40.8 Å². The number of hydrogen-bond acceptors (Lipinski definition) is 4. The van der Waals surface area contributed by atoms with Crippen LogP contribution < -0.4 is 5.32 Å². The normalized spacial score (nSPS) is 15.1. The van der Waals surface area contributed by atoms with E-state index in [2.05, 4.69) is 10.3 Å². The number of hydrogen-bond donors (Lipinski definition) is 1. The molecule has 3 aromatic rings. The van der Waals surface area contributed by atoms with Gasteiger partial charge in [0, 0.05) is 17.4 Å².